The van der Waals surface area contributed by atoms with Crippen LogP contribution in [0.3, 0.4) is 0 Å². The molecule has 29 heavy (non-hydrogen) atoms. The van der Waals surface area contributed by atoms with Gasteiger partial charge in [-0.3, -0.25) is 9.59 Å². The number of carbonyl (C=O) groups excluding carboxylic acids is 2. The maximum Gasteiger partial charge on any atom is 0.287 e. The molecule has 0 saturated heterocycles. The summed E-state index contributed by atoms with van der Waals surface area (Å²) in [5.41, 5.74) is 3.30. The van der Waals surface area contributed by atoms with Crippen molar-refractivity contribution in [1.29, 1.82) is 0 Å². The zero-order chi connectivity index (χ0) is 20.5. The lowest BCUT2D eigenvalue weighted by atomic mass is 9.95. The van der Waals surface area contributed by atoms with Crippen molar-refractivity contribution in [2.24, 2.45) is 0 Å². The van der Waals surface area contributed by atoms with Gasteiger partial charge in [0.2, 0.25) is 0 Å². The molecular formula is C23H20FNO4. The number of fused-ring (bicyclic) bond motifs is 1. The van der Waals surface area contributed by atoms with E-state index in [0.717, 1.165) is 11.1 Å². The van der Waals surface area contributed by atoms with E-state index in [0.29, 0.717) is 35.4 Å². The van der Waals surface area contributed by atoms with Crippen LogP contribution in [0.4, 0.5) is 4.39 Å². The molecule has 0 bridgehead atoms. The van der Waals surface area contributed by atoms with Crippen molar-refractivity contribution in [3.8, 4) is 16.9 Å². The molecule has 1 amide bonds. The van der Waals surface area contributed by atoms with E-state index < -0.39 is 5.82 Å². The smallest absolute Gasteiger partial charge is 0.287 e. The van der Waals surface area contributed by atoms with Crippen molar-refractivity contribution >= 4 is 11.7 Å². The number of amides is 1. The van der Waals surface area contributed by atoms with Crippen molar-refractivity contribution in [2.45, 2.75) is 26.4 Å². The fraction of sp³-hybridized carbons (Fsp3) is 0.217. The third-order valence-electron chi connectivity index (χ3n) is 4.94. The van der Waals surface area contributed by atoms with Gasteiger partial charge in [-0.05, 0) is 61.4 Å². The summed E-state index contributed by atoms with van der Waals surface area (Å²) in [7, 11) is 0. The zero-order valence-corrected chi connectivity index (χ0v) is 16.1. The largest absolute Gasteiger partial charge is 0.487 e. The van der Waals surface area contributed by atoms with Gasteiger partial charge in [-0.25, -0.2) is 4.39 Å². The Balaban J connectivity index is 1.59. The third-order valence-corrected chi connectivity index (χ3v) is 4.94. The average molecular weight is 393 g/mol. The highest BCUT2D eigenvalue weighted by molar-refractivity contribution is 5.95. The van der Waals surface area contributed by atoms with E-state index in [1.807, 2.05) is 19.1 Å². The SMILES string of the molecule is CC(=O)c1ccc(F)c(-c2cc(C)cc3c2O[C@@H](CNC(=O)c2ccco2)C3)c1. The zero-order valence-electron chi connectivity index (χ0n) is 16.1. The predicted octanol–water partition coefficient (Wildman–Crippen LogP) is 4.33. The summed E-state index contributed by atoms with van der Waals surface area (Å²) in [6.45, 7) is 3.68. The first-order chi connectivity index (χ1) is 13.9. The highest BCUT2D eigenvalue weighted by Crippen LogP contribution is 2.41. The molecule has 0 fully saturated rings. The third kappa shape index (κ3) is 3.78. The molecule has 0 radical (unpaired) electrons. The van der Waals surface area contributed by atoms with Gasteiger partial charge in [-0.15, -0.1) is 0 Å². The molecular weight excluding hydrogens is 373 g/mol. The van der Waals surface area contributed by atoms with Gasteiger partial charge in [-0.1, -0.05) is 6.07 Å². The summed E-state index contributed by atoms with van der Waals surface area (Å²) >= 11 is 0. The Morgan fingerprint density at radius 3 is 2.72 bits per heavy atom. The summed E-state index contributed by atoms with van der Waals surface area (Å²) in [4.78, 5) is 23.8. The topological polar surface area (TPSA) is 68.5 Å². The molecule has 1 aliphatic rings. The number of halogens is 1. The average Bonchev–Trinajstić information content (AvgIpc) is 3.35. The first-order valence-electron chi connectivity index (χ1n) is 9.35. The van der Waals surface area contributed by atoms with Gasteiger partial charge in [-0.2, -0.15) is 0 Å². The minimum atomic E-state index is -0.416. The Kier molecular flexibility index (Phi) is 4.92. The fourth-order valence-electron chi connectivity index (χ4n) is 3.56. The summed E-state index contributed by atoms with van der Waals surface area (Å²) in [5, 5.41) is 2.79. The van der Waals surface area contributed by atoms with Crippen LogP contribution in [0.5, 0.6) is 5.75 Å². The van der Waals surface area contributed by atoms with Crippen LogP contribution in [0.1, 0.15) is 39.0 Å². The summed E-state index contributed by atoms with van der Waals surface area (Å²) in [5.74, 6) is -0.0327. The molecule has 3 aromatic rings. The van der Waals surface area contributed by atoms with Gasteiger partial charge >= 0.3 is 0 Å². The number of furan rings is 1. The molecule has 148 valence electrons. The van der Waals surface area contributed by atoms with Crippen molar-refractivity contribution in [2.75, 3.05) is 6.54 Å². The number of hydrogen-bond acceptors (Lipinski definition) is 4. The number of carbonyl (C=O) groups is 2. The first kappa shape index (κ1) is 18.9. The molecule has 6 heteroatoms. The molecule has 1 aromatic heterocycles. The van der Waals surface area contributed by atoms with E-state index in [2.05, 4.69) is 5.32 Å². The van der Waals surface area contributed by atoms with Crippen LogP contribution in [0.15, 0.2) is 53.1 Å². The van der Waals surface area contributed by atoms with E-state index >= 15 is 0 Å². The highest BCUT2D eigenvalue weighted by atomic mass is 19.1. The van der Waals surface area contributed by atoms with Crippen LogP contribution in [-0.4, -0.2) is 24.3 Å². The Morgan fingerprint density at radius 1 is 1.17 bits per heavy atom. The molecule has 5 nitrogen and oxygen atoms in total. The molecule has 0 saturated carbocycles. The van der Waals surface area contributed by atoms with Crippen LogP contribution >= 0.6 is 0 Å². The monoisotopic (exact) mass is 393 g/mol. The summed E-state index contributed by atoms with van der Waals surface area (Å²) in [6, 6.07) is 11.4. The summed E-state index contributed by atoms with van der Waals surface area (Å²) < 4.78 is 25.8. The lowest BCUT2D eigenvalue weighted by Crippen LogP contribution is -2.34. The Labute approximate surface area is 167 Å². The quantitative estimate of drug-likeness (QED) is 0.655. The minimum Gasteiger partial charge on any atom is -0.487 e. The van der Waals surface area contributed by atoms with Crippen molar-refractivity contribution in [3.05, 3.63) is 77.0 Å². The van der Waals surface area contributed by atoms with Crippen molar-refractivity contribution < 1.29 is 23.1 Å². The van der Waals surface area contributed by atoms with E-state index in [-0.39, 0.29) is 23.6 Å². The molecule has 0 unspecified atom stereocenters. The van der Waals surface area contributed by atoms with Gasteiger partial charge in [0, 0.05) is 23.1 Å². The van der Waals surface area contributed by atoms with Gasteiger partial charge in [0.15, 0.2) is 11.5 Å². The van der Waals surface area contributed by atoms with Crippen LogP contribution in [0, 0.1) is 12.7 Å². The molecule has 2 aromatic carbocycles. The molecule has 4 rings (SSSR count). The van der Waals surface area contributed by atoms with Gasteiger partial charge in [0.25, 0.3) is 5.91 Å². The van der Waals surface area contributed by atoms with Gasteiger partial charge in [0.1, 0.15) is 17.7 Å². The Bertz CT molecular complexity index is 1090. The fourth-order valence-corrected chi connectivity index (χ4v) is 3.56. The maximum absolute atomic E-state index is 14.6. The Morgan fingerprint density at radius 2 is 2.00 bits per heavy atom. The van der Waals surface area contributed by atoms with Gasteiger partial charge < -0.3 is 14.5 Å². The highest BCUT2D eigenvalue weighted by Gasteiger charge is 2.28. The van der Waals surface area contributed by atoms with Crippen LogP contribution in [0.2, 0.25) is 0 Å². The second-order valence-electron chi connectivity index (χ2n) is 7.18. The second-order valence-corrected chi connectivity index (χ2v) is 7.18. The molecule has 2 heterocycles. The number of ketones is 1. The number of ether oxygens (including phenoxy) is 1. The van der Waals surface area contributed by atoms with Crippen molar-refractivity contribution in [3.63, 3.8) is 0 Å². The lowest BCUT2D eigenvalue weighted by molar-refractivity contribution is 0.0905. The predicted molar refractivity (Wildman–Crippen MR) is 106 cm³/mol. The normalized spacial score (nSPS) is 14.9. The van der Waals surface area contributed by atoms with E-state index in [9.17, 15) is 14.0 Å². The number of aryl methyl sites for hydroxylation is 1. The van der Waals surface area contributed by atoms with E-state index in [4.69, 9.17) is 9.15 Å². The van der Waals surface area contributed by atoms with Crippen molar-refractivity contribution in [1.82, 2.24) is 5.32 Å². The molecule has 1 aliphatic heterocycles. The van der Waals surface area contributed by atoms with E-state index in [1.165, 1.54) is 25.3 Å². The standard InChI is InChI=1S/C23H20FNO4/c1-13-8-16-10-17(12-25-23(27)21-4-3-7-28-21)29-22(16)19(9-13)18-11-15(14(2)26)5-6-20(18)24/h3-9,11,17H,10,12H2,1-2H3,(H,25,27)/t17-/m1/s1. The molecule has 1 N–H and O–H groups in total. The second kappa shape index (κ2) is 7.54. The molecule has 0 aliphatic carbocycles. The van der Waals surface area contributed by atoms with E-state index in [1.54, 1.807) is 18.2 Å². The molecule has 0 spiro atoms. The number of rotatable bonds is 5. The number of nitrogens with one attached hydrogen (secondary N) is 1. The molecule has 1 atom stereocenters. The summed E-state index contributed by atoms with van der Waals surface area (Å²) in [6.07, 6.45) is 1.76. The number of Topliss-reactive ketones (excluding diaryl/α,β-unsaturated/α-hetero) is 1. The van der Waals surface area contributed by atoms with Crippen LogP contribution < -0.4 is 10.1 Å². The minimum absolute atomic E-state index is 0.130. The van der Waals surface area contributed by atoms with Crippen LogP contribution in [0.25, 0.3) is 11.1 Å². The maximum atomic E-state index is 14.6. The Hall–Kier alpha value is -3.41. The number of hydrogen-bond donors (Lipinski definition) is 1. The van der Waals surface area contributed by atoms with Crippen LogP contribution in [-0.2, 0) is 6.42 Å². The number of benzene rings is 2. The first-order valence-corrected chi connectivity index (χ1v) is 9.35. The van der Waals surface area contributed by atoms with Gasteiger partial charge in [0.05, 0.1) is 12.8 Å². The lowest BCUT2D eigenvalue weighted by Gasteiger charge is -2.14.